The highest BCUT2D eigenvalue weighted by molar-refractivity contribution is 6.76. The zero-order valence-electron chi connectivity index (χ0n) is 13.4. The lowest BCUT2D eigenvalue weighted by Gasteiger charge is -2.21. The van der Waals surface area contributed by atoms with E-state index in [0.717, 1.165) is 17.3 Å². The summed E-state index contributed by atoms with van der Waals surface area (Å²) >= 11 is 5.97. The minimum Gasteiger partial charge on any atom is -0.361 e. The molecule has 21 heavy (non-hydrogen) atoms. The number of hydrogen-bond donors (Lipinski definition) is 0. The first kappa shape index (κ1) is 16.5. The van der Waals surface area contributed by atoms with Crippen LogP contribution < -0.4 is 4.90 Å². The summed E-state index contributed by atoms with van der Waals surface area (Å²) in [7, 11) is -1.12. The second-order valence-corrected chi connectivity index (χ2v) is 13.2. The van der Waals surface area contributed by atoms with E-state index in [9.17, 15) is 4.79 Å². The molecule has 0 saturated carbocycles. The predicted octanol–water partition coefficient (Wildman–Crippen LogP) is 3.67. The molecule has 0 spiro atoms. The number of nitrogens with zero attached hydrogens (tertiary/aromatic N) is 2. The van der Waals surface area contributed by atoms with Gasteiger partial charge in [0.2, 0.25) is 5.91 Å². The molecule has 1 amide bonds. The smallest absolute Gasteiger partial charge is 0.239 e. The summed E-state index contributed by atoms with van der Waals surface area (Å²) < 4.78 is 5.73. The lowest BCUT2D eigenvalue weighted by Crippen LogP contribution is -2.38. The van der Waals surface area contributed by atoms with Gasteiger partial charge in [0.1, 0.15) is 11.9 Å². The molecule has 0 unspecified atom stereocenters. The number of rotatable bonds is 5. The average Bonchev–Trinajstić information content (AvgIpc) is 2.53. The van der Waals surface area contributed by atoms with Crippen molar-refractivity contribution in [3.63, 3.8) is 0 Å². The van der Waals surface area contributed by atoms with Gasteiger partial charge in [0.25, 0.3) is 0 Å². The Kier molecular flexibility index (Phi) is 4.47. The Morgan fingerprint density at radius 1 is 1.38 bits per heavy atom. The lowest BCUT2D eigenvalue weighted by molar-refractivity contribution is -0.123. The van der Waals surface area contributed by atoms with Crippen molar-refractivity contribution in [2.45, 2.75) is 44.9 Å². The normalized spacial score (nSPS) is 17.2. The molecule has 2 heterocycles. The Hall–Kier alpha value is -0.913. The van der Waals surface area contributed by atoms with Gasteiger partial charge in [0, 0.05) is 26.4 Å². The van der Waals surface area contributed by atoms with E-state index in [1.165, 1.54) is 0 Å². The Labute approximate surface area is 132 Å². The maximum Gasteiger partial charge on any atom is 0.239 e. The molecular formula is C15H23ClN2O2Si. The van der Waals surface area contributed by atoms with Gasteiger partial charge in [-0.05, 0) is 26.0 Å². The number of ether oxygens (including phenoxy) is 1. The summed E-state index contributed by atoms with van der Waals surface area (Å²) in [5.41, 5.74) is 1.15. The van der Waals surface area contributed by atoms with E-state index in [2.05, 4.69) is 24.6 Å². The molecule has 0 radical (unpaired) electrons. The van der Waals surface area contributed by atoms with E-state index in [1.807, 2.05) is 13.8 Å². The maximum absolute atomic E-state index is 12.6. The summed E-state index contributed by atoms with van der Waals surface area (Å²) in [5, 5.41) is 0.395. The molecule has 0 aliphatic carbocycles. The molecule has 0 aromatic carbocycles. The fourth-order valence-corrected chi connectivity index (χ4v) is 3.26. The zero-order valence-corrected chi connectivity index (χ0v) is 15.1. The van der Waals surface area contributed by atoms with Crippen molar-refractivity contribution in [1.82, 2.24) is 4.98 Å². The SMILES string of the molecule is CC1(C)C(=O)N(COCC[Si](C)(C)C)c2cc(Cl)ncc21. The van der Waals surface area contributed by atoms with Crippen molar-refractivity contribution in [2.24, 2.45) is 0 Å². The predicted molar refractivity (Wildman–Crippen MR) is 88.7 cm³/mol. The van der Waals surface area contributed by atoms with Gasteiger partial charge < -0.3 is 4.74 Å². The van der Waals surface area contributed by atoms with Gasteiger partial charge in [-0.25, -0.2) is 4.98 Å². The van der Waals surface area contributed by atoms with Crippen LogP contribution in [0.2, 0.25) is 30.8 Å². The number of carbonyl (C=O) groups is 1. The van der Waals surface area contributed by atoms with Gasteiger partial charge >= 0.3 is 0 Å². The van der Waals surface area contributed by atoms with Gasteiger partial charge in [-0.3, -0.25) is 9.69 Å². The second kappa shape index (κ2) is 5.70. The molecule has 1 aliphatic rings. The highest BCUT2D eigenvalue weighted by atomic mass is 35.5. The van der Waals surface area contributed by atoms with Crippen molar-refractivity contribution >= 4 is 31.3 Å². The van der Waals surface area contributed by atoms with Gasteiger partial charge in [-0.15, -0.1) is 0 Å². The summed E-state index contributed by atoms with van der Waals surface area (Å²) in [6, 6.07) is 2.83. The summed E-state index contributed by atoms with van der Waals surface area (Å²) in [6.45, 7) is 11.7. The Bertz CT molecular complexity index is 555. The minimum absolute atomic E-state index is 0.0366. The number of carbonyl (C=O) groups excluding carboxylic acids is 1. The molecule has 0 bridgehead atoms. The molecule has 0 saturated heterocycles. The van der Waals surface area contributed by atoms with E-state index < -0.39 is 13.5 Å². The van der Waals surface area contributed by atoms with Gasteiger partial charge in [0.05, 0.1) is 11.1 Å². The van der Waals surface area contributed by atoms with Crippen LogP contribution in [-0.4, -0.2) is 32.3 Å². The van der Waals surface area contributed by atoms with E-state index in [-0.39, 0.29) is 12.6 Å². The molecule has 1 aliphatic heterocycles. The van der Waals surface area contributed by atoms with E-state index in [1.54, 1.807) is 17.2 Å². The average molecular weight is 327 g/mol. The largest absolute Gasteiger partial charge is 0.361 e. The third kappa shape index (κ3) is 3.47. The Morgan fingerprint density at radius 2 is 2.05 bits per heavy atom. The molecule has 0 N–H and O–H groups in total. The molecule has 0 fully saturated rings. The van der Waals surface area contributed by atoms with Crippen molar-refractivity contribution in [3.8, 4) is 0 Å². The van der Waals surface area contributed by atoms with Crippen LogP contribution >= 0.6 is 11.6 Å². The van der Waals surface area contributed by atoms with Crippen LogP contribution in [0.15, 0.2) is 12.3 Å². The first-order valence-corrected chi connectivity index (χ1v) is 11.3. The van der Waals surface area contributed by atoms with Crippen LogP contribution in [0.25, 0.3) is 0 Å². The summed E-state index contributed by atoms with van der Waals surface area (Å²) in [6.07, 6.45) is 1.69. The molecule has 2 rings (SSSR count). The maximum atomic E-state index is 12.6. The number of halogens is 1. The number of hydrogen-bond acceptors (Lipinski definition) is 3. The molecular weight excluding hydrogens is 304 g/mol. The van der Waals surface area contributed by atoms with Crippen LogP contribution in [0.1, 0.15) is 19.4 Å². The zero-order chi connectivity index (χ0) is 15.8. The lowest BCUT2D eigenvalue weighted by atomic mass is 9.87. The summed E-state index contributed by atoms with van der Waals surface area (Å²) in [4.78, 5) is 18.3. The fourth-order valence-electron chi connectivity index (χ4n) is 2.35. The third-order valence-corrected chi connectivity index (χ3v) is 5.72. The van der Waals surface area contributed by atoms with Crippen molar-refractivity contribution in [1.29, 1.82) is 0 Å². The van der Waals surface area contributed by atoms with Crippen LogP contribution in [0, 0.1) is 0 Å². The highest BCUT2D eigenvalue weighted by Gasteiger charge is 2.44. The van der Waals surface area contributed by atoms with Crippen LogP contribution in [-0.2, 0) is 14.9 Å². The third-order valence-electron chi connectivity index (χ3n) is 3.81. The number of anilines is 1. The second-order valence-electron chi connectivity index (χ2n) is 7.23. The quantitative estimate of drug-likeness (QED) is 0.471. The molecule has 116 valence electrons. The molecule has 4 nitrogen and oxygen atoms in total. The van der Waals surface area contributed by atoms with Crippen molar-refractivity contribution in [3.05, 3.63) is 23.0 Å². The molecule has 6 heteroatoms. The fraction of sp³-hybridized carbons (Fsp3) is 0.600. The van der Waals surface area contributed by atoms with Crippen LogP contribution in [0.4, 0.5) is 5.69 Å². The van der Waals surface area contributed by atoms with Crippen LogP contribution in [0.5, 0.6) is 0 Å². The van der Waals surface area contributed by atoms with E-state index in [4.69, 9.17) is 16.3 Å². The number of fused-ring (bicyclic) bond motifs is 1. The first-order valence-electron chi connectivity index (χ1n) is 7.19. The minimum atomic E-state index is -1.12. The van der Waals surface area contributed by atoms with Gasteiger partial charge in [-0.2, -0.15) is 0 Å². The standard InChI is InChI=1S/C15H23ClN2O2Si/c1-15(2)11-9-17-13(16)8-12(11)18(14(15)19)10-20-6-7-21(3,4)5/h8-9H,6-7,10H2,1-5H3. The number of amides is 1. The van der Waals surface area contributed by atoms with Crippen molar-refractivity contribution < 1.29 is 9.53 Å². The summed E-state index contributed by atoms with van der Waals surface area (Å²) in [5.74, 6) is 0.0366. The Balaban J connectivity index is 2.11. The monoisotopic (exact) mass is 326 g/mol. The number of aromatic nitrogens is 1. The molecule has 0 atom stereocenters. The van der Waals surface area contributed by atoms with Gasteiger partial charge in [-0.1, -0.05) is 31.2 Å². The Morgan fingerprint density at radius 3 is 2.67 bits per heavy atom. The number of pyridine rings is 1. The van der Waals surface area contributed by atoms with E-state index in [0.29, 0.717) is 11.8 Å². The van der Waals surface area contributed by atoms with Crippen molar-refractivity contribution in [2.75, 3.05) is 18.2 Å². The molecule has 1 aromatic heterocycles. The first-order chi connectivity index (χ1) is 9.63. The van der Waals surface area contributed by atoms with Gasteiger partial charge in [0.15, 0.2) is 0 Å². The highest BCUT2D eigenvalue weighted by Crippen LogP contribution is 2.41. The topological polar surface area (TPSA) is 42.4 Å². The van der Waals surface area contributed by atoms with Crippen LogP contribution in [0.3, 0.4) is 0 Å². The van der Waals surface area contributed by atoms with E-state index >= 15 is 0 Å². The molecule has 1 aromatic rings.